The van der Waals surface area contributed by atoms with Gasteiger partial charge in [0.15, 0.2) is 0 Å². The molecule has 0 aromatic heterocycles. The molecule has 1 N–H and O–H groups in total. The molecule has 3 saturated heterocycles. The van der Waals surface area contributed by atoms with E-state index in [1.165, 1.54) is 0 Å². The van der Waals surface area contributed by atoms with Gasteiger partial charge in [0.05, 0.1) is 11.2 Å². The van der Waals surface area contributed by atoms with Crippen molar-refractivity contribution < 1.29 is 14.6 Å². The highest BCUT2D eigenvalue weighted by Gasteiger charge is 2.46. The summed E-state index contributed by atoms with van der Waals surface area (Å²) in [5.41, 5.74) is -0.385. The third-order valence-electron chi connectivity index (χ3n) is 4.47. The van der Waals surface area contributed by atoms with Gasteiger partial charge in [-0.05, 0) is 32.6 Å². The van der Waals surface area contributed by atoms with Gasteiger partial charge in [0.25, 0.3) is 0 Å². The second kappa shape index (κ2) is 4.19. The summed E-state index contributed by atoms with van der Waals surface area (Å²) in [7, 11) is 0. The molecule has 0 aromatic rings. The van der Waals surface area contributed by atoms with Crippen molar-refractivity contribution in [3.05, 3.63) is 0 Å². The van der Waals surface area contributed by atoms with E-state index in [1.807, 2.05) is 6.92 Å². The second-order valence-electron chi connectivity index (χ2n) is 6.19. The van der Waals surface area contributed by atoms with E-state index in [9.17, 15) is 5.11 Å². The molecular weight excluding hydrogens is 218 g/mol. The number of β-amino-alcohol motifs (C(OH)–C–C–N with tert-alkyl or cyclic N) is 1. The minimum atomic E-state index is -0.457. The SMILES string of the molecule is CC1(O)CN(C2CCOC3(CCOCC3)C2)C1. The molecule has 3 heterocycles. The second-order valence-corrected chi connectivity index (χ2v) is 6.19. The van der Waals surface area contributed by atoms with Crippen molar-refractivity contribution in [2.45, 2.75) is 49.9 Å². The van der Waals surface area contributed by atoms with Gasteiger partial charge in [0, 0.05) is 39.0 Å². The van der Waals surface area contributed by atoms with Crippen LogP contribution >= 0.6 is 0 Å². The van der Waals surface area contributed by atoms with Crippen LogP contribution in [0.1, 0.15) is 32.6 Å². The largest absolute Gasteiger partial charge is 0.388 e. The average Bonchev–Trinajstić information content (AvgIpc) is 2.27. The highest BCUT2D eigenvalue weighted by atomic mass is 16.5. The highest BCUT2D eigenvalue weighted by Crippen LogP contribution is 2.38. The van der Waals surface area contributed by atoms with Gasteiger partial charge in [-0.1, -0.05) is 0 Å². The standard InChI is InChI=1S/C13H23NO3/c1-12(15)9-14(10-12)11-2-5-17-13(8-11)3-6-16-7-4-13/h11,15H,2-10H2,1H3. The lowest BCUT2D eigenvalue weighted by Gasteiger charge is -2.53. The van der Waals surface area contributed by atoms with Gasteiger partial charge in [0.2, 0.25) is 0 Å². The van der Waals surface area contributed by atoms with E-state index in [2.05, 4.69) is 4.90 Å². The Morgan fingerprint density at radius 1 is 1.18 bits per heavy atom. The van der Waals surface area contributed by atoms with Crippen LogP contribution in [0.2, 0.25) is 0 Å². The molecule has 1 atom stereocenters. The maximum atomic E-state index is 9.82. The van der Waals surface area contributed by atoms with E-state index in [0.717, 1.165) is 58.6 Å². The van der Waals surface area contributed by atoms with E-state index < -0.39 is 5.60 Å². The minimum Gasteiger partial charge on any atom is -0.388 e. The summed E-state index contributed by atoms with van der Waals surface area (Å²) < 4.78 is 11.5. The molecule has 0 aliphatic carbocycles. The molecule has 1 unspecified atom stereocenters. The van der Waals surface area contributed by atoms with Crippen LogP contribution in [-0.2, 0) is 9.47 Å². The molecule has 4 heteroatoms. The van der Waals surface area contributed by atoms with Crippen LogP contribution in [0, 0.1) is 0 Å². The zero-order valence-electron chi connectivity index (χ0n) is 10.7. The lowest BCUT2D eigenvalue weighted by molar-refractivity contribution is -0.177. The Kier molecular flexibility index (Phi) is 2.94. The van der Waals surface area contributed by atoms with E-state index in [4.69, 9.17) is 9.47 Å². The monoisotopic (exact) mass is 241 g/mol. The highest BCUT2D eigenvalue weighted by molar-refractivity contribution is 4.99. The van der Waals surface area contributed by atoms with Gasteiger partial charge in [0.1, 0.15) is 0 Å². The van der Waals surface area contributed by atoms with Crippen molar-refractivity contribution in [1.82, 2.24) is 4.90 Å². The topological polar surface area (TPSA) is 41.9 Å². The van der Waals surface area contributed by atoms with Gasteiger partial charge in [-0.2, -0.15) is 0 Å². The van der Waals surface area contributed by atoms with Crippen molar-refractivity contribution >= 4 is 0 Å². The van der Waals surface area contributed by atoms with Gasteiger partial charge in [-0.15, -0.1) is 0 Å². The average molecular weight is 241 g/mol. The van der Waals surface area contributed by atoms with E-state index >= 15 is 0 Å². The Morgan fingerprint density at radius 2 is 1.88 bits per heavy atom. The predicted molar refractivity (Wildman–Crippen MR) is 64.0 cm³/mol. The molecule has 0 radical (unpaired) electrons. The fourth-order valence-electron chi connectivity index (χ4n) is 3.49. The summed E-state index contributed by atoms with van der Waals surface area (Å²) in [6.45, 7) is 6.11. The first-order valence-electron chi connectivity index (χ1n) is 6.77. The summed E-state index contributed by atoms with van der Waals surface area (Å²) in [5, 5.41) is 9.82. The predicted octanol–water partition coefficient (Wildman–Crippen LogP) is 0.781. The molecule has 0 saturated carbocycles. The van der Waals surface area contributed by atoms with Crippen LogP contribution in [0.3, 0.4) is 0 Å². The minimum absolute atomic E-state index is 0.0720. The molecule has 0 amide bonds. The fourth-order valence-corrected chi connectivity index (χ4v) is 3.49. The zero-order valence-corrected chi connectivity index (χ0v) is 10.7. The van der Waals surface area contributed by atoms with Gasteiger partial charge in [-0.25, -0.2) is 0 Å². The number of ether oxygens (including phenoxy) is 2. The van der Waals surface area contributed by atoms with Crippen molar-refractivity contribution in [3.8, 4) is 0 Å². The van der Waals surface area contributed by atoms with Crippen LogP contribution in [0.25, 0.3) is 0 Å². The van der Waals surface area contributed by atoms with E-state index in [0.29, 0.717) is 6.04 Å². The first kappa shape index (κ1) is 11.9. The Hall–Kier alpha value is -0.160. The molecule has 0 bridgehead atoms. The Morgan fingerprint density at radius 3 is 2.53 bits per heavy atom. The third kappa shape index (κ3) is 2.36. The maximum Gasteiger partial charge on any atom is 0.0872 e. The normalized spacial score (nSPS) is 36.7. The van der Waals surface area contributed by atoms with E-state index in [1.54, 1.807) is 0 Å². The summed E-state index contributed by atoms with van der Waals surface area (Å²) in [6, 6.07) is 0.599. The summed E-state index contributed by atoms with van der Waals surface area (Å²) in [6.07, 6.45) is 4.30. The number of rotatable bonds is 1. The van der Waals surface area contributed by atoms with Crippen LogP contribution in [0.4, 0.5) is 0 Å². The van der Waals surface area contributed by atoms with Crippen LogP contribution in [0.15, 0.2) is 0 Å². The van der Waals surface area contributed by atoms with E-state index in [-0.39, 0.29) is 5.60 Å². The van der Waals surface area contributed by atoms with Crippen molar-refractivity contribution in [2.24, 2.45) is 0 Å². The Labute approximate surface area is 103 Å². The zero-order chi connectivity index (χ0) is 11.9. The number of hydrogen-bond donors (Lipinski definition) is 1. The number of nitrogens with zero attached hydrogens (tertiary/aromatic N) is 1. The first-order chi connectivity index (χ1) is 8.09. The molecule has 3 rings (SSSR count). The molecule has 3 fully saturated rings. The van der Waals surface area contributed by atoms with Crippen LogP contribution in [-0.4, -0.2) is 60.2 Å². The van der Waals surface area contributed by atoms with Gasteiger partial charge < -0.3 is 14.6 Å². The van der Waals surface area contributed by atoms with Crippen molar-refractivity contribution in [2.75, 3.05) is 32.9 Å². The molecule has 0 aromatic carbocycles. The van der Waals surface area contributed by atoms with Gasteiger partial charge in [-0.3, -0.25) is 4.90 Å². The van der Waals surface area contributed by atoms with Crippen LogP contribution < -0.4 is 0 Å². The summed E-state index contributed by atoms with van der Waals surface area (Å²) in [4.78, 5) is 2.42. The number of aliphatic hydroxyl groups is 1. The molecule has 1 spiro atoms. The molecular formula is C13H23NO3. The summed E-state index contributed by atoms with van der Waals surface area (Å²) in [5.74, 6) is 0. The van der Waals surface area contributed by atoms with Crippen molar-refractivity contribution in [1.29, 1.82) is 0 Å². The maximum absolute atomic E-state index is 9.82. The Balaban J connectivity index is 1.60. The quantitative estimate of drug-likeness (QED) is 0.736. The third-order valence-corrected chi connectivity index (χ3v) is 4.47. The molecule has 98 valence electrons. The number of likely N-dealkylation sites (tertiary alicyclic amines) is 1. The van der Waals surface area contributed by atoms with Gasteiger partial charge >= 0.3 is 0 Å². The first-order valence-corrected chi connectivity index (χ1v) is 6.77. The van der Waals surface area contributed by atoms with Crippen molar-refractivity contribution in [3.63, 3.8) is 0 Å². The molecule has 17 heavy (non-hydrogen) atoms. The number of hydrogen-bond acceptors (Lipinski definition) is 4. The van der Waals surface area contributed by atoms with Crippen LogP contribution in [0.5, 0.6) is 0 Å². The molecule has 3 aliphatic heterocycles. The lowest BCUT2D eigenvalue weighted by atomic mass is 9.81. The smallest absolute Gasteiger partial charge is 0.0872 e. The molecule has 4 nitrogen and oxygen atoms in total. The lowest BCUT2D eigenvalue weighted by Crippen LogP contribution is -2.65. The summed E-state index contributed by atoms with van der Waals surface area (Å²) >= 11 is 0. The molecule has 3 aliphatic rings. The fraction of sp³-hybridized carbons (Fsp3) is 1.00. The Bertz CT molecular complexity index is 273.